The molecule has 1 fully saturated rings. The largest absolute Gasteiger partial charge is 0.497 e. The lowest BCUT2D eigenvalue weighted by Gasteiger charge is -2.39. The van der Waals surface area contributed by atoms with Crippen LogP contribution in [0.4, 0.5) is 0 Å². The Bertz CT molecular complexity index is 652. The van der Waals surface area contributed by atoms with Gasteiger partial charge in [-0.1, -0.05) is 29.8 Å². The lowest BCUT2D eigenvalue weighted by atomic mass is 9.95. The van der Waals surface area contributed by atoms with Crippen molar-refractivity contribution in [3.63, 3.8) is 0 Å². The van der Waals surface area contributed by atoms with Crippen LogP contribution in [0, 0.1) is 0 Å². The SMILES string of the molecule is COC1=CC(=O)OC1C1(c2ccccc2Cl)NCC(=O)OO1.Cl. The van der Waals surface area contributed by atoms with E-state index in [0.29, 0.717) is 10.6 Å². The third kappa shape index (κ3) is 3.00. The molecule has 9 heteroatoms. The number of cyclic esters (lactones) is 1. The summed E-state index contributed by atoms with van der Waals surface area (Å²) in [6, 6.07) is 6.79. The topological polar surface area (TPSA) is 83.1 Å². The van der Waals surface area contributed by atoms with E-state index in [1.165, 1.54) is 13.2 Å². The van der Waals surface area contributed by atoms with Crippen molar-refractivity contribution in [2.75, 3.05) is 13.7 Å². The maximum Gasteiger partial charge on any atom is 0.356 e. The van der Waals surface area contributed by atoms with Crippen LogP contribution in [0.1, 0.15) is 5.56 Å². The highest BCUT2D eigenvalue weighted by molar-refractivity contribution is 6.31. The second kappa shape index (κ2) is 6.76. The van der Waals surface area contributed by atoms with E-state index in [1.54, 1.807) is 24.3 Å². The zero-order valence-corrected chi connectivity index (χ0v) is 13.5. The number of esters is 1. The average Bonchev–Trinajstić information content (AvgIpc) is 2.91. The summed E-state index contributed by atoms with van der Waals surface area (Å²) in [7, 11) is 1.40. The van der Waals surface area contributed by atoms with Gasteiger partial charge in [0.15, 0.2) is 0 Å². The number of rotatable bonds is 3. The first-order chi connectivity index (χ1) is 10.6. The number of hydrogen-bond donors (Lipinski definition) is 1. The summed E-state index contributed by atoms with van der Waals surface area (Å²) in [5.74, 6) is -0.958. The van der Waals surface area contributed by atoms with E-state index in [4.69, 9.17) is 30.8 Å². The smallest absolute Gasteiger partial charge is 0.356 e. The molecule has 3 rings (SSSR count). The molecule has 1 aromatic carbocycles. The van der Waals surface area contributed by atoms with Gasteiger partial charge in [0.05, 0.1) is 13.2 Å². The number of benzene rings is 1. The molecule has 0 aromatic heterocycles. The molecule has 2 aliphatic rings. The quantitative estimate of drug-likeness (QED) is 0.644. The number of halogens is 2. The van der Waals surface area contributed by atoms with Crippen molar-refractivity contribution in [2.24, 2.45) is 0 Å². The second-order valence-electron chi connectivity index (χ2n) is 4.68. The van der Waals surface area contributed by atoms with Gasteiger partial charge in [-0.25, -0.2) is 9.59 Å². The zero-order valence-electron chi connectivity index (χ0n) is 11.9. The molecule has 1 saturated heterocycles. The van der Waals surface area contributed by atoms with Crippen LogP contribution in [-0.4, -0.2) is 31.7 Å². The standard InChI is InChI=1S/C14H12ClNO6.ClH/c1-19-10-6-11(17)20-13(10)14(16-7-12(18)21-22-14)8-4-2-3-5-9(8)15;/h2-6,13,16H,7H2,1H3;1H. The summed E-state index contributed by atoms with van der Waals surface area (Å²) in [6.07, 6.45) is 0.211. The van der Waals surface area contributed by atoms with E-state index in [2.05, 4.69) is 5.32 Å². The molecule has 124 valence electrons. The van der Waals surface area contributed by atoms with Gasteiger partial charge in [-0.2, -0.15) is 4.89 Å². The summed E-state index contributed by atoms with van der Waals surface area (Å²) in [5.41, 5.74) is -1.04. The van der Waals surface area contributed by atoms with Crippen molar-refractivity contribution in [2.45, 2.75) is 11.8 Å². The molecular weight excluding hydrogens is 349 g/mol. The number of ether oxygens (including phenoxy) is 2. The molecule has 0 saturated carbocycles. The Labute approximate surface area is 142 Å². The van der Waals surface area contributed by atoms with Crippen molar-refractivity contribution < 1.29 is 28.8 Å². The predicted molar refractivity (Wildman–Crippen MR) is 80.5 cm³/mol. The minimum atomic E-state index is -1.49. The monoisotopic (exact) mass is 361 g/mol. The van der Waals surface area contributed by atoms with Gasteiger partial charge in [0.2, 0.25) is 11.8 Å². The van der Waals surface area contributed by atoms with Gasteiger partial charge >= 0.3 is 11.9 Å². The van der Waals surface area contributed by atoms with Crippen molar-refractivity contribution in [1.82, 2.24) is 5.32 Å². The predicted octanol–water partition coefficient (Wildman–Crippen LogP) is 1.45. The summed E-state index contributed by atoms with van der Waals surface area (Å²) in [5, 5.41) is 3.24. The normalized spacial score (nSPS) is 26.7. The van der Waals surface area contributed by atoms with Gasteiger partial charge in [0, 0.05) is 10.6 Å². The maximum absolute atomic E-state index is 11.6. The Balaban J connectivity index is 0.00000192. The second-order valence-corrected chi connectivity index (χ2v) is 5.08. The van der Waals surface area contributed by atoms with Crippen molar-refractivity contribution in [3.8, 4) is 0 Å². The first kappa shape index (κ1) is 17.6. The van der Waals surface area contributed by atoms with E-state index in [9.17, 15) is 9.59 Å². The minimum Gasteiger partial charge on any atom is -0.497 e. The third-order valence-electron chi connectivity index (χ3n) is 3.39. The zero-order chi connectivity index (χ0) is 15.7. The van der Waals surface area contributed by atoms with Crippen molar-refractivity contribution >= 4 is 35.9 Å². The number of nitrogens with one attached hydrogen (secondary N) is 1. The molecule has 0 spiro atoms. The van der Waals surface area contributed by atoms with E-state index < -0.39 is 23.8 Å². The highest BCUT2D eigenvalue weighted by Gasteiger charge is 2.54. The van der Waals surface area contributed by atoms with Gasteiger partial charge in [-0.15, -0.1) is 12.4 Å². The van der Waals surface area contributed by atoms with Gasteiger partial charge in [0.1, 0.15) is 12.3 Å². The van der Waals surface area contributed by atoms with E-state index in [0.717, 1.165) is 0 Å². The van der Waals surface area contributed by atoms with Crippen molar-refractivity contribution in [3.05, 3.63) is 46.7 Å². The third-order valence-corrected chi connectivity index (χ3v) is 3.72. The van der Waals surface area contributed by atoms with Crippen LogP contribution in [-0.2, 0) is 34.6 Å². The van der Waals surface area contributed by atoms with Gasteiger partial charge in [-0.05, 0) is 6.07 Å². The average molecular weight is 362 g/mol. The van der Waals surface area contributed by atoms with Crippen LogP contribution in [0.5, 0.6) is 0 Å². The molecule has 0 aliphatic carbocycles. The van der Waals surface area contributed by atoms with E-state index in [1.807, 2.05) is 0 Å². The fraction of sp³-hybridized carbons (Fsp3) is 0.286. The summed E-state index contributed by atoms with van der Waals surface area (Å²) in [6.45, 7) is -0.143. The molecule has 0 amide bonds. The van der Waals surface area contributed by atoms with Gasteiger partial charge < -0.3 is 9.47 Å². The van der Waals surface area contributed by atoms with Gasteiger partial charge in [0.25, 0.3) is 0 Å². The molecular formula is C14H13Cl2NO6. The molecule has 0 bridgehead atoms. The molecule has 23 heavy (non-hydrogen) atoms. The summed E-state index contributed by atoms with van der Waals surface area (Å²) >= 11 is 6.23. The number of carbonyl (C=O) groups is 2. The summed E-state index contributed by atoms with van der Waals surface area (Å²) in [4.78, 5) is 32.9. The highest BCUT2D eigenvalue weighted by atomic mass is 35.5. The first-order valence-electron chi connectivity index (χ1n) is 6.41. The molecule has 2 aliphatic heterocycles. The minimum absolute atomic E-state index is 0. The van der Waals surface area contributed by atoms with Gasteiger partial charge in [-0.3, -0.25) is 10.2 Å². The molecule has 2 unspecified atom stereocenters. The number of hydrogen-bond acceptors (Lipinski definition) is 7. The van der Waals surface area contributed by atoms with Crippen LogP contribution in [0.2, 0.25) is 5.02 Å². The molecule has 0 radical (unpaired) electrons. The molecule has 7 nitrogen and oxygen atoms in total. The molecule has 1 N–H and O–H groups in total. The Morgan fingerprint density at radius 3 is 2.70 bits per heavy atom. The lowest BCUT2D eigenvalue weighted by Crippen LogP contribution is -2.59. The fourth-order valence-electron chi connectivity index (χ4n) is 2.40. The Morgan fingerprint density at radius 2 is 2.09 bits per heavy atom. The van der Waals surface area contributed by atoms with Crippen LogP contribution in [0.3, 0.4) is 0 Å². The van der Waals surface area contributed by atoms with Crippen molar-refractivity contribution in [1.29, 1.82) is 0 Å². The Kier molecular flexibility index (Phi) is 5.16. The van der Waals surface area contributed by atoms with E-state index in [-0.39, 0.29) is 24.7 Å². The number of methoxy groups -OCH3 is 1. The Morgan fingerprint density at radius 1 is 1.35 bits per heavy atom. The number of carbonyl (C=O) groups excluding carboxylic acids is 2. The Hall–Kier alpha value is -1.80. The molecule has 1 aromatic rings. The van der Waals surface area contributed by atoms with Crippen LogP contribution >= 0.6 is 24.0 Å². The fourth-order valence-corrected chi connectivity index (χ4v) is 2.68. The molecule has 2 heterocycles. The van der Waals surface area contributed by atoms with Crippen LogP contribution in [0.25, 0.3) is 0 Å². The van der Waals surface area contributed by atoms with E-state index >= 15 is 0 Å². The van der Waals surface area contributed by atoms with Crippen LogP contribution < -0.4 is 5.32 Å². The van der Waals surface area contributed by atoms with Crippen LogP contribution in [0.15, 0.2) is 36.1 Å². The maximum atomic E-state index is 11.6. The lowest BCUT2D eigenvalue weighted by molar-refractivity contribution is -0.378. The highest BCUT2D eigenvalue weighted by Crippen LogP contribution is 2.40. The first-order valence-corrected chi connectivity index (χ1v) is 6.79. The summed E-state index contributed by atoms with van der Waals surface area (Å²) < 4.78 is 10.4. The molecule has 2 atom stereocenters.